The number of hydrogen-bond acceptors (Lipinski definition) is 7. The summed E-state index contributed by atoms with van der Waals surface area (Å²) in [5.41, 5.74) is 2.47. The van der Waals surface area contributed by atoms with Crippen LogP contribution in [0.1, 0.15) is 31.2 Å². The summed E-state index contributed by atoms with van der Waals surface area (Å²) in [7, 11) is 5.50. The molecule has 0 saturated carbocycles. The van der Waals surface area contributed by atoms with Crippen molar-refractivity contribution in [2.75, 3.05) is 47.5 Å². The Morgan fingerprint density at radius 1 is 1.00 bits per heavy atom. The van der Waals surface area contributed by atoms with E-state index >= 15 is 0 Å². The van der Waals surface area contributed by atoms with Crippen LogP contribution in [0.5, 0.6) is 17.2 Å². The van der Waals surface area contributed by atoms with Gasteiger partial charge in [0.25, 0.3) is 0 Å². The number of benzene rings is 2. The third kappa shape index (κ3) is 5.95. The predicted octanol–water partition coefficient (Wildman–Crippen LogP) is 5.19. The molecule has 4 rings (SSSR count). The molecule has 0 amide bonds. The van der Waals surface area contributed by atoms with Gasteiger partial charge in [0.15, 0.2) is 16.7 Å². The zero-order valence-electron chi connectivity index (χ0n) is 20.0. The Labute approximate surface area is 201 Å². The summed E-state index contributed by atoms with van der Waals surface area (Å²) in [4.78, 5) is 9.91. The number of hydrogen-bond donors (Lipinski definition) is 0. The second kappa shape index (κ2) is 11.7. The van der Waals surface area contributed by atoms with Crippen LogP contribution in [-0.4, -0.2) is 68.5 Å². The molecule has 0 radical (unpaired) electrons. The number of rotatable bonds is 9. The van der Waals surface area contributed by atoms with E-state index in [9.17, 15) is 0 Å². The summed E-state index contributed by atoms with van der Waals surface area (Å²) in [5, 5.41) is 1.16. The van der Waals surface area contributed by atoms with Gasteiger partial charge in [0.1, 0.15) is 0 Å². The molecular weight excluding hydrogens is 434 g/mol. The number of amidine groups is 1. The molecule has 2 aliphatic heterocycles. The minimum atomic E-state index is 0.571. The van der Waals surface area contributed by atoms with E-state index in [1.165, 1.54) is 18.4 Å². The number of ether oxygens (including phenoxy) is 3. The number of para-hydroxylation sites is 2. The Bertz CT molecular complexity index is 944. The summed E-state index contributed by atoms with van der Waals surface area (Å²) in [6.07, 6.45) is 4.53. The van der Waals surface area contributed by atoms with E-state index in [2.05, 4.69) is 41.1 Å². The number of fused-ring (bicyclic) bond motifs is 1. The van der Waals surface area contributed by atoms with Crippen LogP contribution in [0.15, 0.2) is 47.5 Å². The van der Waals surface area contributed by atoms with Crippen molar-refractivity contribution in [1.82, 2.24) is 9.80 Å². The maximum Gasteiger partial charge on any atom is 0.203 e. The van der Waals surface area contributed by atoms with Crippen molar-refractivity contribution in [2.45, 2.75) is 37.5 Å². The maximum atomic E-state index is 5.95. The maximum absolute atomic E-state index is 5.95. The lowest BCUT2D eigenvalue weighted by Crippen LogP contribution is -2.45. The molecule has 33 heavy (non-hydrogen) atoms. The molecule has 7 heteroatoms. The summed E-state index contributed by atoms with van der Waals surface area (Å²) < 4.78 is 16.7. The van der Waals surface area contributed by atoms with Crippen molar-refractivity contribution < 1.29 is 14.2 Å². The van der Waals surface area contributed by atoms with Crippen molar-refractivity contribution >= 4 is 22.6 Å². The van der Waals surface area contributed by atoms with E-state index in [0.717, 1.165) is 54.8 Å². The molecule has 0 spiro atoms. The topological polar surface area (TPSA) is 46.5 Å². The fourth-order valence-corrected chi connectivity index (χ4v) is 5.52. The number of methoxy groups -OCH3 is 2. The second-order valence-corrected chi connectivity index (χ2v) is 9.49. The van der Waals surface area contributed by atoms with Gasteiger partial charge >= 0.3 is 0 Å². The fourth-order valence-electron chi connectivity index (χ4n) is 4.48. The van der Waals surface area contributed by atoms with Crippen LogP contribution in [-0.2, 0) is 5.75 Å². The molecule has 2 aliphatic rings. The largest absolute Gasteiger partial charge is 0.493 e. The molecule has 0 atom stereocenters. The zero-order chi connectivity index (χ0) is 23.0. The molecule has 0 N–H and O–H groups in total. The van der Waals surface area contributed by atoms with Gasteiger partial charge in [0, 0.05) is 31.9 Å². The number of thioether (sulfide) groups is 1. The molecule has 0 aliphatic carbocycles. The first-order valence-corrected chi connectivity index (χ1v) is 12.8. The molecule has 2 heterocycles. The van der Waals surface area contributed by atoms with E-state index < -0.39 is 0 Å². The fraction of sp³-hybridized carbons (Fsp3) is 0.500. The van der Waals surface area contributed by atoms with Gasteiger partial charge in [-0.05, 0) is 56.0 Å². The van der Waals surface area contributed by atoms with Crippen LogP contribution in [0, 0.1) is 0 Å². The smallest absolute Gasteiger partial charge is 0.203 e. The van der Waals surface area contributed by atoms with E-state index in [-0.39, 0.29) is 0 Å². The Hall–Kier alpha value is -2.38. The minimum absolute atomic E-state index is 0.571. The van der Waals surface area contributed by atoms with E-state index in [0.29, 0.717) is 24.1 Å². The SMILES string of the molecule is COc1cccc(OCCCCN2CCC(N(C)C3=Nc4ccccc4CS3)CC2)c1OC. The van der Waals surface area contributed by atoms with Gasteiger partial charge in [-0.1, -0.05) is 36.0 Å². The number of piperidine rings is 1. The van der Waals surface area contributed by atoms with Crippen molar-refractivity contribution in [2.24, 2.45) is 4.99 Å². The van der Waals surface area contributed by atoms with Gasteiger partial charge in [-0.3, -0.25) is 0 Å². The van der Waals surface area contributed by atoms with Crippen LogP contribution in [0.25, 0.3) is 0 Å². The van der Waals surface area contributed by atoms with Crippen molar-refractivity contribution in [3.05, 3.63) is 48.0 Å². The molecule has 2 aromatic rings. The second-order valence-electron chi connectivity index (χ2n) is 8.54. The first-order chi connectivity index (χ1) is 16.2. The first-order valence-electron chi connectivity index (χ1n) is 11.8. The molecule has 0 aromatic heterocycles. The predicted molar refractivity (Wildman–Crippen MR) is 136 cm³/mol. The Balaban J connectivity index is 1.17. The van der Waals surface area contributed by atoms with Crippen LogP contribution in [0.3, 0.4) is 0 Å². The zero-order valence-corrected chi connectivity index (χ0v) is 20.8. The van der Waals surface area contributed by atoms with Crippen molar-refractivity contribution in [3.63, 3.8) is 0 Å². The van der Waals surface area contributed by atoms with Gasteiger partial charge in [-0.15, -0.1) is 0 Å². The highest BCUT2D eigenvalue weighted by molar-refractivity contribution is 8.13. The van der Waals surface area contributed by atoms with E-state index in [1.807, 2.05) is 30.0 Å². The first kappa shape index (κ1) is 23.8. The van der Waals surface area contributed by atoms with Crippen molar-refractivity contribution in [3.8, 4) is 17.2 Å². The van der Waals surface area contributed by atoms with Gasteiger partial charge in [0.2, 0.25) is 5.75 Å². The molecule has 0 unspecified atom stereocenters. The molecule has 1 fully saturated rings. The number of nitrogens with zero attached hydrogens (tertiary/aromatic N) is 3. The normalized spacial score (nSPS) is 16.6. The lowest BCUT2D eigenvalue weighted by atomic mass is 10.0. The van der Waals surface area contributed by atoms with Crippen LogP contribution in [0.2, 0.25) is 0 Å². The standard InChI is InChI=1S/C26H35N3O3S/c1-28(26-27-22-10-5-4-9-20(22)19-33-26)21-13-16-29(17-14-21)15-6-7-18-32-24-12-8-11-23(30-2)25(24)31-3/h4-5,8-12,21H,6-7,13-19H2,1-3H3. The highest BCUT2D eigenvalue weighted by Crippen LogP contribution is 2.36. The Morgan fingerprint density at radius 3 is 2.58 bits per heavy atom. The molecule has 0 bridgehead atoms. The summed E-state index contributed by atoms with van der Waals surface area (Å²) >= 11 is 1.86. The third-order valence-electron chi connectivity index (χ3n) is 6.46. The highest BCUT2D eigenvalue weighted by Gasteiger charge is 2.26. The molecular formula is C26H35N3O3S. The van der Waals surface area contributed by atoms with Crippen molar-refractivity contribution in [1.29, 1.82) is 0 Å². The van der Waals surface area contributed by atoms with E-state index in [1.54, 1.807) is 14.2 Å². The molecule has 2 aromatic carbocycles. The molecule has 178 valence electrons. The van der Waals surface area contributed by atoms with E-state index in [4.69, 9.17) is 19.2 Å². The number of unbranched alkanes of at least 4 members (excludes halogenated alkanes) is 1. The molecule has 1 saturated heterocycles. The lowest BCUT2D eigenvalue weighted by molar-refractivity contribution is 0.161. The minimum Gasteiger partial charge on any atom is -0.493 e. The number of likely N-dealkylation sites (tertiary alicyclic amines) is 1. The summed E-state index contributed by atoms with van der Waals surface area (Å²) in [6, 6.07) is 14.8. The van der Waals surface area contributed by atoms with Crippen LogP contribution in [0.4, 0.5) is 5.69 Å². The molecule has 6 nitrogen and oxygen atoms in total. The third-order valence-corrected chi connectivity index (χ3v) is 7.56. The average Bonchev–Trinajstić information content (AvgIpc) is 2.87. The van der Waals surface area contributed by atoms with Crippen LogP contribution < -0.4 is 14.2 Å². The van der Waals surface area contributed by atoms with Gasteiger partial charge in [0.05, 0.1) is 26.5 Å². The Kier molecular flexibility index (Phi) is 8.40. The van der Waals surface area contributed by atoms with Crippen LogP contribution >= 0.6 is 11.8 Å². The average molecular weight is 470 g/mol. The number of aliphatic imine (C=N–C) groups is 1. The Morgan fingerprint density at radius 2 is 1.79 bits per heavy atom. The summed E-state index contributed by atoms with van der Waals surface area (Å²) in [6.45, 7) is 4.10. The van der Waals surface area contributed by atoms with Gasteiger partial charge < -0.3 is 24.0 Å². The van der Waals surface area contributed by atoms with Gasteiger partial charge in [-0.25, -0.2) is 4.99 Å². The monoisotopic (exact) mass is 469 g/mol. The highest BCUT2D eigenvalue weighted by atomic mass is 32.2. The lowest BCUT2D eigenvalue weighted by Gasteiger charge is -2.38. The quantitative estimate of drug-likeness (QED) is 0.471. The van der Waals surface area contributed by atoms with Gasteiger partial charge in [-0.2, -0.15) is 0 Å². The summed E-state index contributed by atoms with van der Waals surface area (Å²) in [5.74, 6) is 3.12.